The average Bonchev–Trinajstić information content (AvgIpc) is 2.72. The van der Waals surface area contributed by atoms with Crippen LogP contribution in [0.2, 0.25) is 0 Å². The summed E-state index contributed by atoms with van der Waals surface area (Å²) in [4.78, 5) is 35.0. The second-order valence-electron chi connectivity index (χ2n) is 4.32. The van der Waals surface area contributed by atoms with Gasteiger partial charge in [-0.1, -0.05) is 27.7 Å². The first-order valence-electron chi connectivity index (χ1n) is 5.76. The Bertz CT molecular complexity index is 786. The van der Waals surface area contributed by atoms with Gasteiger partial charge in [0.1, 0.15) is 5.58 Å². The first kappa shape index (κ1) is 13.4. The Morgan fingerprint density at radius 3 is 2.80 bits per heavy atom. The van der Waals surface area contributed by atoms with Crippen LogP contribution in [0.4, 0.5) is 4.79 Å². The summed E-state index contributed by atoms with van der Waals surface area (Å²) in [7, 11) is 0. The summed E-state index contributed by atoms with van der Waals surface area (Å²) in [5.74, 6) is -0.367. The molecule has 2 heterocycles. The third kappa shape index (κ3) is 2.38. The number of hydrogen-bond acceptors (Lipinski definition) is 5. The molecule has 1 N–H and O–H groups in total. The van der Waals surface area contributed by atoms with Gasteiger partial charge in [-0.25, -0.2) is 0 Å². The molecule has 7 heteroatoms. The van der Waals surface area contributed by atoms with Crippen molar-refractivity contribution in [2.75, 3.05) is 0 Å². The van der Waals surface area contributed by atoms with Crippen molar-refractivity contribution >= 4 is 49.8 Å². The van der Waals surface area contributed by atoms with Crippen LogP contribution in [0.1, 0.15) is 5.56 Å². The molecule has 3 rings (SSSR count). The highest BCUT2D eigenvalue weighted by atomic mass is 79.9. The zero-order valence-electron chi connectivity index (χ0n) is 10.0. The lowest BCUT2D eigenvalue weighted by molar-refractivity contribution is -0.118. The molecule has 5 nitrogen and oxygen atoms in total. The molecule has 102 valence electrons. The summed E-state index contributed by atoms with van der Waals surface area (Å²) >= 11 is 4.20. The van der Waals surface area contributed by atoms with Gasteiger partial charge >= 0.3 is 0 Å². The van der Waals surface area contributed by atoms with E-state index in [1.807, 2.05) is 0 Å². The van der Waals surface area contributed by atoms with E-state index in [4.69, 9.17) is 4.42 Å². The fourth-order valence-corrected chi connectivity index (χ4v) is 3.22. The Labute approximate surface area is 125 Å². The molecule has 0 unspecified atom stereocenters. The van der Waals surface area contributed by atoms with E-state index in [-0.39, 0.29) is 23.0 Å². The molecule has 1 fully saturated rings. The monoisotopic (exact) mass is 353 g/mol. The number of imide groups is 1. The van der Waals surface area contributed by atoms with Gasteiger partial charge in [0.2, 0.25) is 5.91 Å². The SMILES string of the molecule is O=C1NC(=O)[C@H](Cc2coc3ccc(Br)cc3c2=O)S1. The van der Waals surface area contributed by atoms with E-state index in [1.54, 1.807) is 18.2 Å². The second kappa shape index (κ2) is 5.06. The van der Waals surface area contributed by atoms with Gasteiger partial charge in [-0.15, -0.1) is 0 Å². The summed E-state index contributed by atoms with van der Waals surface area (Å²) in [5.41, 5.74) is 0.694. The highest BCUT2D eigenvalue weighted by molar-refractivity contribution is 9.10. The highest BCUT2D eigenvalue weighted by Crippen LogP contribution is 2.23. The molecule has 0 spiro atoms. The van der Waals surface area contributed by atoms with Crippen molar-refractivity contribution in [1.29, 1.82) is 0 Å². The Kier molecular flexibility index (Phi) is 3.39. The quantitative estimate of drug-likeness (QED) is 0.897. The zero-order valence-corrected chi connectivity index (χ0v) is 12.4. The van der Waals surface area contributed by atoms with E-state index in [9.17, 15) is 14.4 Å². The lowest BCUT2D eigenvalue weighted by Crippen LogP contribution is -2.27. The van der Waals surface area contributed by atoms with Gasteiger partial charge in [0.15, 0.2) is 5.43 Å². The number of thioether (sulfide) groups is 1. The second-order valence-corrected chi connectivity index (χ2v) is 6.41. The van der Waals surface area contributed by atoms with Gasteiger partial charge in [-0.3, -0.25) is 19.7 Å². The first-order valence-corrected chi connectivity index (χ1v) is 7.43. The van der Waals surface area contributed by atoms with E-state index < -0.39 is 5.25 Å². The number of halogens is 1. The Hall–Kier alpha value is -1.60. The number of nitrogens with one attached hydrogen (secondary N) is 1. The lowest BCUT2D eigenvalue weighted by atomic mass is 10.1. The van der Waals surface area contributed by atoms with Crippen molar-refractivity contribution in [3.63, 3.8) is 0 Å². The van der Waals surface area contributed by atoms with Crippen molar-refractivity contribution in [1.82, 2.24) is 5.32 Å². The zero-order chi connectivity index (χ0) is 14.3. The maximum atomic E-state index is 12.3. The number of hydrogen-bond donors (Lipinski definition) is 1. The first-order chi connectivity index (χ1) is 9.54. The van der Waals surface area contributed by atoms with E-state index in [0.29, 0.717) is 16.5 Å². The molecule has 0 saturated carbocycles. The molecule has 20 heavy (non-hydrogen) atoms. The van der Waals surface area contributed by atoms with E-state index >= 15 is 0 Å². The molecule has 1 aromatic heterocycles. The fraction of sp³-hybridized carbons (Fsp3) is 0.154. The van der Waals surface area contributed by atoms with Gasteiger partial charge in [-0.2, -0.15) is 0 Å². The van der Waals surface area contributed by atoms with Gasteiger partial charge < -0.3 is 4.42 Å². The van der Waals surface area contributed by atoms with Crippen molar-refractivity contribution in [3.05, 3.63) is 44.7 Å². The summed E-state index contributed by atoms with van der Waals surface area (Å²) in [6.45, 7) is 0. The number of carbonyl (C=O) groups is 2. The Balaban J connectivity index is 2.00. The minimum atomic E-state index is -0.574. The number of rotatable bonds is 2. The number of amides is 2. The topological polar surface area (TPSA) is 76.4 Å². The van der Waals surface area contributed by atoms with Crippen LogP contribution in [-0.2, 0) is 11.2 Å². The summed E-state index contributed by atoms with van der Waals surface area (Å²) in [6, 6.07) is 5.16. The lowest BCUT2D eigenvalue weighted by Gasteiger charge is -2.05. The van der Waals surface area contributed by atoms with Gasteiger partial charge in [-0.05, 0) is 18.2 Å². The standard InChI is InChI=1S/C13H8BrNO4S/c14-7-1-2-9-8(4-7)11(16)6(5-19-9)3-10-12(17)15-13(18)20-10/h1-2,4-5,10H,3H2,(H,15,17,18)/t10-/m0/s1. The summed E-state index contributed by atoms with van der Waals surface area (Å²) in [6.07, 6.45) is 1.53. The van der Waals surface area contributed by atoms with E-state index in [2.05, 4.69) is 21.2 Å². The number of carbonyl (C=O) groups excluding carboxylic acids is 2. The van der Waals surface area contributed by atoms with Crippen LogP contribution in [0.15, 0.2) is 38.1 Å². The molecular weight excluding hydrogens is 346 g/mol. The Morgan fingerprint density at radius 2 is 2.10 bits per heavy atom. The summed E-state index contributed by atoms with van der Waals surface area (Å²) < 4.78 is 6.18. The predicted molar refractivity (Wildman–Crippen MR) is 78.8 cm³/mol. The summed E-state index contributed by atoms with van der Waals surface area (Å²) in [5, 5.41) is 1.69. The minimum absolute atomic E-state index is 0.174. The number of fused-ring (bicyclic) bond motifs is 1. The van der Waals surface area contributed by atoms with Gasteiger partial charge in [0.25, 0.3) is 5.24 Å². The fourth-order valence-electron chi connectivity index (χ4n) is 2.01. The van der Waals surface area contributed by atoms with Gasteiger partial charge in [0, 0.05) is 16.5 Å². The molecule has 1 saturated heterocycles. The Morgan fingerprint density at radius 1 is 1.30 bits per heavy atom. The van der Waals surface area contributed by atoms with Crippen LogP contribution < -0.4 is 10.7 Å². The minimum Gasteiger partial charge on any atom is -0.464 e. The molecule has 1 atom stereocenters. The molecule has 0 aliphatic carbocycles. The molecule has 2 amide bonds. The third-order valence-electron chi connectivity index (χ3n) is 2.98. The predicted octanol–water partition coefficient (Wildman–Crippen LogP) is 2.45. The van der Waals surface area contributed by atoms with Crippen LogP contribution in [0.25, 0.3) is 11.0 Å². The van der Waals surface area contributed by atoms with Crippen molar-refractivity contribution < 1.29 is 14.0 Å². The molecule has 1 aliphatic heterocycles. The molecule has 2 aromatic rings. The number of benzene rings is 1. The van der Waals surface area contributed by atoms with Crippen LogP contribution in [0.3, 0.4) is 0 Å². The van der Waals surface area contributed by atoms with Gasteiger partial charge in [0.05, 0.1) is 16.9 Å². The molecule has 1 aliphatic rings. The normalized spacial score (nSPS) is 18.6. The smallest absolute Gasteiger partial charge is 0.286 e. The van der Waals surface area contributed by atoms with Crippen LogP contribution in [-0.4, -0.2) is 16.4 Å². The van der Waals surface area contributed by atoms with Crippen molar-refractivity contribution in [2.24, 2.45) is 0 Å². The maximum Gasteiger partial charge on any atom is 0.286 e. The average molecular weight is 354 g/mol. The molecule has 1 aromatic carbocycles. The molecule has 0 bridgehead atoms. The largest absolute Gasteiger partial charge is 0.464 e. The third-order valence-corrected chi connectivity index (χ3v) is 4.45. The molecular formula is C13H8BrNO4S. The van der Waals surface area contributed by atoms with Crippen LogP contribution in [0, 0.1) is 0 Å². The van der Waals surface area contributed by atoms with E-state index in [0.717, 1.165) is 16.2 Å². The van der Waals surface area contributed by atoms with Crippen molar-refractivity contribution in [3.8, 4) is 0 Å². The molecule has 0 radical (unpaired) electrons. The van der Waals surface area contributed by atoms with Crippen LogP contribution in [0.5, 0.6) is 0 Å². The maximum absolute atomic E-state index is 12.3. The van der Waals surface area contributed by atoms with Crippen LogP contribution >= 0.6 is 27.7 Å². The van der Waals surface area contributed by atoms with E-state index in [1.165, 1.54) is 6.26 Å². The van der Waals surface area contributed by atoms with Crippen molar-refractivity contribution in [2.45, 2.75) is 11.7 Å². The highest BCUT2D eigenvalue weighted by Gasteiger charge is 2.32.